The molecule has 5 aliphatic rings. The van der Waals surface area contributed by atoms with Crippen molar-refractivity contribution in [1.29, 1.82) is 0 Å². The topological polar surface area (TPSA) is 46.9 Å². The Morgan fingerprint density at radius 2 is 2.08 bits per heavy atom. The van der Waals surface area contributed by atoms with Gasteiger partial charge in [0.25, 0.3) is 5.91 Å². The molecule has 1 N–H and O–H groups in total. The number of carbonyl (C=O) groups is 1. The number of hydrogen-bond donors (Lipinski definition) is 1. The van der Waals surface area contributed by atoms with Gasteiger partial charge < -0.3 is 5.32 Å². The number of rotatable bonds is 4. The Kier molecular flexibility index (Phi) is 5.94. The van der Waals surface area contributed by atoms with Crippen LogP contribution < -0.4 is 5.32 Å². The Balaban J connectivity index is 1.37. The number of aromatic nitrogens is 2. The first-order valence-electron chi connectivity index (χ1n) is 13.8. The summed E-state index contributed by atoms with van der Waals surface area (Å²) in [6.07, 6.45) is 11.9. The second-order valence-corrected chi connectivity index (χ2v) is 12.7. The van der Waals surface area contributed by atoms with Crippen molar-refractivity contribution in [3.05, 3.63) is 57.8 Å². The molecule has 0 spiro atoms. The number of amides is 1. The van der Waals surface area contributed by atoms with Gasteiger partial charge in [-0.3, -0.25) is 4.79 Å². The first-order chi connectivity index (χ1) is 17.2. The number of benzene rings is 1. The maximum absolute atomic E-state index is 13.7. The van der Waals surface area contributed by atoms with Gasteiger partial charge in [-0.05, 0) is 86.5 Å². The van der Waals surface area contributed by atoms with E-state index in [-0.39, 0.29) is 5.91 Å². The molecule has 190 valence electrons. The maximum Gasteiger partial charge on any atom is 0.272 e. The fraction of sp³-hybridized carbons (Fsp3) is 0.548. The normalized spacial score (nSPS) is 28.1. The number of hydrogen-bond acceptors (Lipinski definition) is 2. The van der Waals surface area contributed by atoms with E-state index in [0.29, 0.717) is 28.0 Å². The van der Waals surface area contributed by atoms with E-state index in [0.717, 1.165) is 61.0 Å². The van der Waals surface area contributed by atoms with Gasteiger partial charge in [-0.1, -0.05) is 68.3 Å². The lowest BCUT2D eigenvalue weighted by molar-refractivity contribution is -0.103. The van der Waals surface area contributed by atoms with Crippen LogP contribution >= 0.6 is 11.6 Å². The second-order valence-electron chi connectivity index (χ2n) is 12.3. The van der Waals surface area contributed by atoms with E-state index in [4.69, 9.17) is 16.7 Å². The number of fused-ring (bicyclic) bond motifs is 5. The largest absolute Gasteiger partial charge is 0.350 e. The molecule has 1 amide bonds. The Bertz CT molecular complexity index is 1280. The highest BCUT2D eigenvalue weighted by molar-refractivity contribution is 6.36. The summed E-state index contributed by atoms with van der Waals surface area (Å²) >= 11 is 6.78. The third-order valence-corrected chi connectivity index (χ3v) is 10.0. The summed E-state index contributed by atoms with van der Waals surface area (Å²) in [5, 5.41) is 9.02. The highest BCUT2D eigenvalue weighted by Gasteiger charge is 2.54. The van der Waals surface area contributed by atoms with Crippen LogP contribution in [0.15, 0.2) is 35.4 Å². The number of halogens is 1. The number of carbonyl (C=O) groups excluding carboxylic acids is 1. The highest BCUT2D eigenvalue weighted by Crippen LogP contribution is 2.61. The Hall–Kier alpha value is -2.33. The van der Waals surface area contributed by atoms with Gasteiger partial charge in [-0.2, -0.15) is 5.10 Å². The molecule has 5 heteroatoms. The molecular weight excluding hydrogens is 466 g/mol. The van der Waals surface area contributed by atoms with Crippen molar-refractivity contribution in [3.8, 4) is 11.3 Å². The summed E-state index contributed by atoms with van der Waals surface area (Å²) in [6.45, 7) is 9.89. The summed E-state index contributed by atoms with van der Waals surface area (Å²) in [6, 6.07) is 6.65. The molecule has 4 unspecified atom stereocenters. The van der Waals surface area contributed by atoms with E-state index in [1.54, 1.807) is 0 Å². The molecule has 1 aromatic carbocycles. The lowest BCUT2D eigenvalue weighted by Gasteiger charge is -2.60. The zero-order valence-electron chi connectivity index (χ0n) is 22.0. The predicted octanol–water partition coefficient (Wildman–Crippen LogP) is 7.15. The van der Waals surface area contributed by atoms with Crippen LogP contribution in [0.3, 0.4) is 0 Å². The predicted molar refractivity (Wildman–Crippen MR) is 147 cm³/mol. The van der Waals surface area contributed by atoms with Crippen LogP contribution in [-0.4, -0.2) is 22.2 Å². The van der Waals surface area contributed by atoms with Gasteiger partial charge in [0.15, 0.2) is 5.69 Å². The molecule has 0 saturated heterocycles. The average Bonchev–Trinajstić information content (AvgIpc) is 3.11. The number of nitrogens with zero attached hydrogens (tertiary/aromatic N) is 2. The maximum atomic E-state index is 13.7. The van der Waals surface area contributed by atoms with E-state index < -0.39 is 0 Å². The zero-order valence-corrected chi connectivity index (χ0v) is 22.8. The van der Waals surface area contributed by atoms with E-state index in [2.05, 4.69) is 63.4 Å². The van der Waals surface area contributed by atoms with Gasteiger partial charge in [-0.25, -0.2) is 4.68 Å². The third-order valence-electron chi connectivity index (χ3n) is 9.70. The van der Waals surface area contributed by atoms with Gasteiger partial charge >= 0.3 is 0 Å². The van der Waals surface area contributed by atoms with Gasteiger partial charge in [0.2, 0.25) is 0 Å². The minimum absolute atomic E-state index is 0.0373. The molecule has 2 bridgehead atoms. The Morgan fingerprint density at radius 1 is 1.25 bits per heavy atom. The van der Waals surface area contributed by atoms with Crippen LogP contribution in [0.5, 0.6) is 0 Å². The molecule has 3 saturated carbocycles. The number of allylic oxidation sites excluding steroid dienone is 4. The Labute approximate surface area is 220 Å². The minimum atomic E-state index is -0.0373. The van der Waals surface area contributed by atoms with E-state index >= 15 is 0 Å². The van der Waals surface area contributed by atoms with Crippen molar-refractivity contribution in [2.24, 2.45) is 29.1 Å². The molecule has 4 nitrogen and oxygen atoms in total. The summed E-state index contributed by atoms with van der Waals surface area (Å²) < 4.78 is 1.97. The molecule has 4 atom stereocenters. The minimum Gasteiger partial charge on any atom is -0.350 e. The fourth-order valence-corrected chi connectivity index (χ4v) is 7.81. The fourth-order valence-electron chi connectivity index (χ4n) is 7.44. The van der Waals surface area contributed by atoms with Crippen molar-refractivity contribution >= 4 is 23.2 Å². The van der Waals surface area contributed by atoms with Gasteiger partial charge in [0, 0.05) is 17.7 Å². The zero-order chi connectivity index (χ0) is 25.2. The van der Waals surface area contributed by atoms with Gasteiger partial charge in [0.1, 0.15) is 0 Å². The van der Waals surface area contributed by atoms with Crippen LogP contribution in [0.4, 0.5) is 0 Å². The summed E-state index contributed by atoms with van der Waals surface area (Å²) in [4.78, 5) is 13.7. The van der Waals surface area contributed by atoms with Crippen LogP contribution in [0.25, 0.3) is 17.0 Å². The molecule has 0 aliphatic heterocycles. The Morgan fingerprint density at radius 3 is 2.83 bits per heavy atom. The number of nitrogens with one attached hydrogen (secondary N) is 1. The van der Waals surface area contributed by atoms with Crippen molar-refractivity contribution in [2.45, 2.75) is 72.6 Å². The molecule has 2 aromatic rings. The molecule has 1 heterocycles. The lowest BCUT2D eigenvalue weighted by atomic mass is 9.45. The quantitative estimate of drug-likeness (QED) is 0.481. The summed E-state index contributed by atoms with van der Waals surface area (Å²) in [5.41, 5.74) is 7.76. The first-order valence-corrected chi connectivity index (χ1v) is 14.2. The van der Waals surface area contributed by atoms with Crippen LogP contribution in [0.2, 0.25) is 0 Å². The standard InChI is InChI=1S/C31H38ClN3O/c1-18-8-12-23-20(14-18)6-5-7-24-28(34-35(29(23)24)27-13-9-19(2)15-26(27)32)30(36)33-17-21-10-11-22-16-25(21)31(22,3)4/h8,12-15,19,21-22,25H,5-7,9-11,16-17H2,1-4H3,(H,33,36). The van der Waals surface area contributed by atoms with Crippen LogP contribution in [0.1, 0.15) is 80.1 Å². The molecule has 7 rings (SSSR count). The molecule has 36 heavy (non-hydrogen) atoms. The first kappa shape index (κ1) is 24.0. The van der Waals surface area contributed by atoms with Crippen molar-refractivity contribution in [1.82, 2.24) is 15.1 Å². The molecule has 0 radical (unpaired) electrons. The van der Waals surface area contributed by atoms with Crippen molar-refractivity contribution < 1.29 is 4.79 Å². The molecule has 5 aliphatic carbocycles. The second kappa shape index (κ2) is 8.90. The number of aryl methyl sites for hydroxylation is 2. The smallest absolute Gasteiger partial charge is 0.272 e. The van der Waals surface area contributed by atoms with Gasteiger partial charge in [0.05, 0.1) is 16.4 Å². The summed E-state index contributed by atoms with van der Waals surface area (Å²) in [5.74, 6) is 2.52. The van der Waals surface area contributed by atoms with E-state index in [9.17, 15) is 4.79 Å². The molecule has 3 fully saturated rings. The van der Waals surface area contributed by atoms with Crippen molar-refractivity contribution in [2.75, 3.05) is 6.54 Å². The van der Waals surface area contributed by atoms with E-state index in [1.165, 1.54) is 36.0 Å². The monoisotopic (exact) mass is 503 g/mol. The van der Waals surface area contributed by atoms with Crippen LogP contribution in [-0.2, 0) is 12.8 Å². The highest BCUT2D eigenvalue weighted by atomic mass is 35.5. The van der Waals surface area contributed by atoms with Gasteiger partial charge in [-0.15, -0.1) is 0 Å². The van der Waals surface area contributed by atoms with Crippen molar-refractivity contribution in [3.63, 3.8) is 0 Å². The molecule has 1 aromatic heterocycles. The van der Waals surface area contributed by atoms with Crippen LogP contribution in [0, 0.1) is 36.0 Å². The molecular formula is C31H38ClN3O. The SMILES string of the molecule is Cc1ccc2c(c1)CCCc1c(C(=O)NCC3CCC4CC3C4(C)C)nn(C3=CCC(C)C=C3Cl)c1-2. The summed E-state index contributed by atoms with van der Waals surface area (Å²) in [7, 11) is 0. The third kappa shape index (κ3) is 3.88. The average molecular weight is 504 g/mol. The lowest BCUT2D eigenvalue weighted by Crippen LogP contribution is -2.54. The van der Waals surface area contributed by atoms with E-state index in [1.807, 2.05) is 4.68 Å².